The Hall–Kier alpha value is 0.660. The summed E-state index contributed by atoms with van der Waals surface area (Å²) >= 11 is 6.08. The second-order valence-corrected chi connectivity index (χ2v) is 5.13. The van der Waals surface area contributed by atoms with Crippen LogP contribution in [-0.4, -0.2) is 22.0 Å². The number of hydrogen-bond acceptors (Lipinski definition) is 3. The third-order valence-corrected chi connectivity index (χ3v) is 2.81. The Labute approximate surface area is 74.1 Å². The highest BCUT2D eigenvalue weighted by molar-refractivity contribution is 8.08. The highest BCUT2D eigenvalue weighted by atomic mass is 32.2. The maximum Gasteiger partial charge on any atom is 0.0591 e. The smallest absolute Gasteiger partial charge is 0.0591 e. The van der Waals surface area contributed by atoms with Crippen molar-refractivity contribution >= 4 is 24.6 Å². The van der Waals surface area contributed by atoms with Gasteiger partial charge in [-0.3, -0.25) is 0 Å². The van der Waals surface area contributed by atoms with Crippen molar-refractivity contribution in [2.24, 2.45) is 0 Å². The van der Waals surface area contributed by atoms with Gasteiger partial charge in [0.1, 0.15) is 0 Å². The van der Waals surface area contributed by atoms with E-state index >= 15 is 0 Å². The van der Waals surface area contributed by atoms with Crippen molar-refractivity contribution in [3.05, 3.63) is 0 Å². The van der Waals surface area contributed by atoms with Gasteiger partial charge in [0.25, 0.3) is 0 Å². The van der Waals surface area contributed by atoms with E-state index in [1.807, 2.05) is 0 Å². The van der Waals surface area contributed by atoms with Gasteiger partial charge < -0.3 is 0 Å². The first-order valence-electron chi connectivity index (χ1n) is 3.65. The lowest BCUT2D eigenvalue weighted by molar-refractivity contribution is 0.425. The molecule has 62 valence electrons. The van der Waals surface area contributed by atoms with Crippen LogP contribution in [-0.2, 0) is 0 Å². The van der Waals surface area contributed by atoms with Gasteiger partial charge in [-0.15, -0.1) is 0 Å². The Kier molecular flexibility index (Phi) is 5.68. The quantitative estimate of drug-likeness (QED) is 0.401. The third kappa shape index (κ3) is 4.47. The zero-order chi connectivity index (χ0) is 8.15. The van der Waals surface area contributed by atoms with Crippen LogP contribution in [0.2, 0.25) is 0 Å². The average Bonchev–Trinajstić information content (AvgIpc) is 1.85. The number of hydrogen-bond donors (Lipinski definition) is 1. The molecule has 3 heteroatoms. The molecule has 0 aliphatic rings. The van der Waals surface area contributed by atoms with Crippen molar-refractivity contribution in [3.8, 4) is 0 Å². The summed E-state index contributed by atoms with van der Waals surface area (Å²) in [6.45, 7) is 6.51. The molecule has 0 aliphatic heterocycles. The standard InChI is InChI=1S/C7H17NS2/c1-5-6(2)8(4)10-7(3)9/h6-7,9H,5H2,1-4H3. The molecule has 0 aliphatic carbocycles. The van der Waals surface area contributed by atoms with Crippen molar-refractivity contribution in [1.82, 2.24) is 4.31 Å². The fourth-order valence-electron chi connectivity index (χ4n) is 0.602. The molecule has 0 aromatic carbocycles. The van der Waals surface area contributed by atoms with Crippen LogP contribution in [0.25, 0.3) is 0 Å². The van der Waals surface area contributed by atoms with E-state index in [0.717, 1.165) is 0 Å². The summed E-state index contributed by atoms with van der Waals surface area (Å²) in [5, 5.41) is 0. The minimum atomic E-state index is 0.402. The van der Waals surface area contributed by atoms with Gasteiger partial charge in [0.2, 0.25) is 0 Å². The van der Waals surface area contributed by atoms with Gasteiger partial charge in [-0.05, 0) is 27.3 Å². The molecule has 0 heterocycles. The fourth-order valence-corrected chi connectivity index (χ4v) is 1.89. The molecule has 2 atom stereocenters. The summed E-state index contributed by atoms with van der Waals surface area (Å²) in [5.74, 6) is 0. The molecule has 0 spiro atoms. The van der Waals surface area contributed by atoms with Crippen LogP contribution in [0.1, 0.15) is 27.2 Å². The van der Waals surface area contributed by atoms with Crippen molar-refractivity contribution in [1.29, 1.82) is 0 Å². The predicted octanol–water partition coefficient (Wildman–Crippen LogP) is 2.64. The topological polar surface area (TPSA) is 3.24 Å². The predicted molar refractivity (Wildman–Crippen MR) is 53.6 cm³/mol. The fraction of sp³-hybridized carbons (Fsp3) is 1.00. The lowest BCUT2D eigenvalue weighted by Gasteiger charge is -2.23. The normalized spacial score (nSPS) is 17.4. The Morgan fingerprint density at radius 3 is 2.30 bits per heavy atom. The maximum atomic E-state index is 4.29. The van der Waals surface area contributed by atoms with Crippen molar-refractivity contribution in [2.75, 3.05) is 7.05 Å². The van der Waals surface area contributed by atoms with E-state index in [9.17, 15) is 0 Å². The summed E-state index contributed by atoms with van der Waals surface area (Å²) in [5.41, 5.74) is 0. The molecule has 0 amide bonds. The molecule has 10 heavy (non-hydrogen) atoms. The first-order valence-corrected chi connectivity index (χ1v) is 5.00. The monoisotopic (exact) mass is 179 g/mol. The highest BCUT2D eigenvalue weighted by Gasteiger charge is 2.08. The van der Waals surface area contributed by atoms with E-state index in [-0.39, 0.29) is 0 Å². The molecule has 0 saturated heterocycles. The molecule has 0 rings (SSSR count). The third-order valence-electron chi connectivity index (χ3n) is 1.53. The number of nitrogens with zero attached hydrogens (tertiary/aromatic N) is 1. The van der Waals surface area contributed by atoms with Gasteiger partial charge in [-0.25, -0.2) is 4.31 Å². The molecular formula is C7H17NS2. The van der Waals surface area contributed by atoms with Gasteiger partial charge in [0.05, 0.1) is 4.58 Å². The molecule has 0 saturated carbocycles. The lowest BCUT2D eigenvalue weighted by atomic mass is 10.3. The Bertz CT molecular complexity index is 85.7. The zero-order valence-electron chi connectivity index (χ0n) is 7.16. The SMILES string of the molecule is CCC(C)N(C)SC(C)S. The van der Waals surface area contributed by atoms with Crippen LogP contribution in [0.5, 0.6) is 0 Å². The number of thiol groups is 1. The Morgan fingerprint density at radius 1 is 1.50 bits per heavy atom. The van der Waals surface area contributed by atoms with E-state index in [1.54, 1.807) is 11.9 Å². The number of rotatable bonds is 4. The lowest BCUT2D eigenvalue weighted by Crippen LogP contribution is -2.22. The summed E-state index contributed by atoms with van der Waals surface area (Å²) in [4.78, 5) is 0. The largest absolute Gasteiger partial charge is 0.250 e. The van der Waals surface area contributed by atoms with Gasteiger partial charge in [0, 0.05) is 6.04 Å². The molecule has 0 aromatic heterocycles. The van der Waals surface area contributed by atoms with Crippen LogP contribution in [0.3, 0.4) is 0 Å². The first-order chi connectivity index (χ1) is 4.57. The zero-order valence-corrected chi connectivity index (χ0v) is 8.88. The minimum Gasteiger partial charge on any atom is -0.250 e. The summed E-state index contributed by atoms with van der Waals surface area (Å²) in [7, 11) is 2.12. The summed E-state index contributed by atoms with van der Waals surface area (Å²) in [6, 6.07) is 0.652. The maximum absolute atomic E-state index is 4.29. The van der Waals surface area contributed by atoms with Crippen LogP contribution in [0.15, 0.2) is 0 Å². The van der Waals surface area contributed by atoms with Crippen LogP contribution >= 0.6 is 24.6 Å². The minimum absolute atomic E-state index is 0.402. The van der Waals surface area contributed by atoms with Gasteiger partial charge in [-0.2, -0.15) is 12.6 Å². The van der Waals surface area contributed by atoms with E-state index in [0.29, 0.717) is 10.6 Å². The van der Waals surface area contributed by atoms with Gasteiger partial charge in [-0.1, -0.05) is 18.9 Å². The summed E-state index contributed by atoms with van der Waals surface area (Å²) in [6.07, 6.45) is 1.20. The molecule has 0 aromatic rings. The van der Waals surface area contributed by atoms with Crippen LogP contribution in [0, 0.1) is 0 Å². The second kappa shape index (κ2) is 5.33. The second-order valence-electron chi connectivity index (χ2n) is 2.51. The molecule has 0 radical (unpaired) electrons. The van der Waals surface area contributed by atoms with Crippen molar-refractivity contribution in [3.63, 3.8) is 0 Å². The first kappa shape index (κ1) is 10.7. The summed E-state index contributed by atoms with van der Waals surface area (Å²) < 4.78 is 2.66. The molecule has 0 N–H and O–H groups in total. The Balaban J connectivity index is 3.50. The van der Waals surface area contributed by atoms with E-state index in [2.05, 4.69) is 44.8 Å². The average molecular weight is 179 g/mol. The van der Waals surface area contributed by atoms with Crippen molar-refractivity contribution < 1.29 is 0 Å². The van der Waals surface area contributed by atoms with E-state index in [4.69, 9.17) is 0 Å². The van der Waals surface area contributed by atoms with Crippen molar-refractivity contribution in [2.45, 2.75) is 37.8 Å². The highest BCUT2D eigenvalue weighted by Crippen LogP contribution is 2.20. The molecule has 2 unspecified atom stereocenters. The van der Waals surface area contributed by atoms with Gasteiger partial charge >= 0.3 is 0 Å². The molecule has 0 fully saturated rings. The molecule has 1 nitrogen and oxygen atoms in total. The van der Waals surface area contributed by atoms with Gasteiger partial charge in [0.15, 0.2) is 0 Å². The van der Waals surface area contributed by atoms with E-state index in [1.165, 1.54) is 6.42 Å². The van der Waals surface area contributed by atoms with Crippen LogP contribution in [0.4, 0.5) is 0 Å². The molecule has 0 bridgehead atoms. The van der Waals surface area contributed by atoms with E-state index < -0.39 is 0 Å². The van der Waals surface area contributed by atoms with Crippen LogP contribution < -0.4 is 0 Å². The molecular weight excluding hydrogens is 162 g/mol. The Morgan fingerprint density at radius 2 is 2.00 bits per heavy atom.